The summed E-state index contributed by atoms with van der Waals surface area (Å²) < 4.78 is 0. The number of aliphatic hydroxyl groups excluding tert-OH is 2. The summed E-state index contributed by atoms with van der Waals surface area (Å²) in [5.74, 6) is -7.12. The number of phenolic OH excluding ortho intramolecular Hbond substituents is 1. The number of rotatable bonds is 6. The summed E-state index contributed by atoms with van der Waals surface area (Å²) in [7, 11) is 3.09. The maximum absolute atomic E-state index is 13.9. The van der Waals surface area contributed by atoms with Crippen LogP contribution in [0.5, 0.6) is 5.75 Å². The Kier molecular flexibility index (Phi) is 6.59. The van der Waals surface area contributed by atoms with E-state index in [9.17, 15) is 39.6 Å². The van der Waals surface area contributed by atoms with Crippen LogP contribution in [-0.4, -0.2) is 79.3 Å². The number of carbonyl (C=O) groups excluding carboxylic acids is 4. The third kappa shape index (κ3) is 3.92. The van der Waals surface area contributed by atoms with Crippen molar-refractivity contribution in [3.8, 4) is 5.75 Å². The Bertz CT molecular complexity index is 1530. The van der Waals surface area contributed by atoms with Gasteiger partial charge in [0, 0.05) is 35.9 Å². The number of aromatic hydroxyl groups is 1. The Morgan fingerprint density at radius 2 is 1.88 bits per heavy atom. The molecule has 1 aromatic heterocycles. The summed E-state index contributed by atoms with van der Waals surface area (Å²) in [5, 5.41) is 44.6. The number of aliphatic hydroxyl groups is 3. The van der Waals surface area contributed by atoms with Crippen molar-refractivity contribution >= 4 is 29.0 Å². The highest BCUT2D eigenvalue weighted by Crippen LogP contribution is 2.53. The number of nitrogens with zero attached hydrogens (tertiary/aromatic N) is 2. The fourth-order valence-electron chi connectivity index (χ4n) is 6.46. The van der Waals surface area contributed by atoms with E-state index in [4.69, 9.17) is 5.73 Å². The molecule has 4 atom stereocenters. The fourth-order valence-corrected chi connectivity index (χ4v) is 6.46. The van der Waals surface area contributed by atoms with Gasteiger partial charge in [-0.3, -0.25) is 29.1 Å². The van der Waals surface area contributed by atoms with Crippen molar-refractivity contribution in [3.63, 3.8) is 0 Å². The van der Waals surface area contributed by atoms with Gasteiger partial charge in [-0.15, -0.1) is 0 Å². The Hall–Kier alpha value is -4.35. The summed E-state index contributed by atoms with van der Waals surface area (Å²) in [6, 6.07) is 5.19. The fraction of sp³-hybridized carbons (Fsp3) is 0.345. The van der Waals surface area contributed by atoms with Gasteiger partial charge < -0.3 is 26.2 Å². The van der Waals surface area contributed by atoms with Crippen LogP contribution in [0.15, 0.2) is 53.6 Å². The molecule has 1 saturated carbocycles. The third-order valence-electron chi connectivity index (χ3n) is 8.31. The van der Waals surface area contributed by atoms with Crippen LogP contribution < -0.4 is 5.73 Å². The van der Waals surface area contributed by atoms with Gasteiger partial charge in [0.05, 0.1) is 11.6 Å². The van der Waals surface area contributed by atoms with Crippen LogP contribution in [0.3, 0.4) is 0 Å². The molecule has 1 heterocycles. The van der Waals surface area contributed by atoms with Gasteiger partial charge in [0.2, 0.25) is 5.78 Å². The van der Waals surface area contributed by atoms with Gasteiger partial charge >= 0.3 is 0 Å². The number of aromatic nitrogens is 1. The van der Waals surface area contributed by atoms with Gasteiger partial charge in [0.1, 0.15) is 22.8 Å². The molecule has 0 unspecified atom stereocenters. The minimum absolute atomic E-state index is 0.00242. The lowest BCUT2D eigenvalue weighted by Crippen LogP contribution is -2.65. The predicted molar refractivity (Wildman–Crippen MR) is 141 cm³/mol. The van der Waals surface area contributed by atoms with E-state index in [0.717, 1.165) is 0 Å². The Labute approximate surface area is 229 Å². The minimum Gasteiger partial charge on any atom is -0.508 e. The second-order valence-corrected chi connectivity index (χ2v) is 10.7. The SMILES string of the molecule is CN(C)[C@@H]1C(=O)C(C(N)=O)=C(O)[C@@]2(O)C(=O)C3=C(O)c4c(O)ccc(CCC(=O)c5cccnc5)c4C[C@@H]3C[C@H]12. The molecule has 0 bridgehead atoms. The number of phenols is 1. The lowest BCUT2D eigenvalue weighted by atomic mass is 9.57. The Morgan fingerprint density at radius 3 is 2.50 bits per heavy atom. The summed E-state index contributed by atoms with van der Waals surface area (Å²) in [5.41, 5.74) is 3.27. The average Bonchev–Trinajstić information content (AvgIpc) is 2.90. The number of nitrogens with two attached hydrogens (primary N) is 1. The van der Waals surface area contributed by atoms with Gasteiger partial charge in [-0.05, 0) is 68.6 Å². The molecule has 6 N–H and O–H groups in total. The zero-order valence-corrected chi connectivity index (χ0v) is 21.9. The molecular weight excluding hydrogens is 518 g/mol. The number of pyridine rings is 1. The van der Waals surface area contributed by atoms with Crippen LogP contribution in [0.25, 0.3) is 5.76 Å². The average molecular weight is 548 g/mol. The monoisotopic (exact) mass is 547 g/mol. The van der Waals surface area contributed by atoms with Crippen LogP contribution in [-0.2, 0) is 27.2 Å². The Morgan fingerprint density at radius 1 is 1.15 bits per heavy atom. The lowest BCUT2D eigenvalue weighted by molar-refractivity contribution is -0.153. The molecule has 1 fully saturated rings. The summed E-state index contributed by atoms with van der Waals surface area (Å²) in [6.07, 6.45) is 3.63. The maximum Gasteiger partial charge on any atom is 0.255 e. The van der Waals surface area contributed by atoms with Crippen LogP contribution in [0, 0.1) is 11.8 Å². The highest BCUT2D eigenvalue weighted by molar-refractivity contribution is 6.24. The number of amides is 1. The number of primary amides is 1. The van der Waals surface area contributed by atoms with Crippen molar-refractivity contribution in [1.82, 2.24) is 9.88 Å². The number of carbonyl (C=O) groups is 4. The molecule has 3 aliphatic rings. The molecule has 11 nitrogen and oxygen atoms in total. The van der Waals surface area contributed by atoms with Crippen LogP contribution in [0.2, 0.25) is 0 Å². The standard InChI is InChI=1S/C29H29N3O8/c1-32(2)23-17-11-15-10-16-13(5-7-18(33)14-4-3-9-31-12-14)6-8-19(34)21(16)24(35)20(15)26(37)29(17,40)27(38)22(25(23)36)28(30)39/h3-4,6,8-9,12,15,17,23,34-35,38,40H,5,7,10-11H2,1-2H3,(H2,30,39)/t15-,17-,23+,29+/m1/s1. The second-order valence-electron chi connectivity index (χ2n) is 10.7. The molecular formula is C29H29N3O8. The highest BCUT2D eigenvalue weighted by atomic mass is 16.3. The molecule has 1 amide bonds. The molecule has 0 spiro atoms. The Balaban J connectivity index is 1.59. The molecule has 2 aromatic rings. The zero-order chi connectivity index (χ0) is 29.1. The molecule has 208 valence electrons. The number of fused-ring (bicyclic) bond motifs is 3. The topological polar surface area (TPSA) is 191 Å². The normalized spacial score (nSPS) is 25.9. The first-order valence-electron chi connectivity index (χ1n) is 12.8. The smallest absolute Gasteiger partial charge is 0.255 e. The number of likely N-dealkylation sites (N-methyl/N-ethyl adjacent to an activating group) is 1. The van der Waals surface area contributed by atoms with Gasteiger partial charge in [0.15, 0.2) is 17.2 Å². The van der Waals surface area contributed by atoms with Gasteiger partial charge in [-0.1, -0.05) is 6.07 Å². The molecule has 0 radical (unpaired) electrons. The minimum atomic E-state index is -2.69. The van der Waals surface area contributed by atoms with Gasteiger partial charge in [-0.25, -0.2) is 0 Å². The molecule has 5 rings (SSSR count). The van der Waals surface area contributed by atoms with E-state index in [1.807, 2.05) is 0 Å². The van der Waals surface area contributed by atoms with Crippen molar-refractivity contribution < 1.29 is 39.6 Å². The van der Waals surface area contributed by atoms with E-state index in [-0.39, 0.29) is 48.4 Å². The van der Waals surface area contributed by atoms with Crippen molar-refractivity contribution in [2.45, 2.75) is 37.3 Å². The van der Waals surface area contributed by atoms with Gasteiger partial charge in [0.25, 0.3) is 5.91 Å². The first-order chi connectivity index (χ1) is 18.9. The number of ketones is 3. The van der Waals surface area contributed by atoms with Crippen LogP contribution in [0.1, 0.15) is 39.9 Å². The molecule has 11 heteroatoms. The number of hydrogen-bond donors (Lipinski definition) is 5. The maximum atomic E-state index is 13.9. The number of Topliss-reactive ketones (excluding diaryl/α,β-unsaturated/α-hetero) is 3. The first kappa shape index (κ1) is 27.2. The largest absolute Gasteiger partial charge is 0.508 e. The molecule has 3 aliphatic carbocycles. The quantitative estimate of drug-likeness (QED) is 0.259. The van der Waals surface area contributed by atoms with Crippen molar-refractivity contribution in [1.29, 1.82) is 0 Å². The van der Waals surface area contributed by atoms with Crippen molar-refractivity contribution in [2.75, 3.05) is 14.1 Å². The highest BCUT2D eigenvalue weighted by Gasteiger charge is 2.64. The predicted octanol–water partition coefficient (Wildman–Crippen LogP) is 1.17. The van der Waals surface area contributed by atoms with Gasteiger partial charge in [-0.2, -0.15) is 0 Å². The molecule has 1 aromatic carbocycles. The van der Waals surface area contributed by atoms with Crippen LogP contribution >= 0.6 is 0 Å². The van der Waals surface area contributed by atoms with E-state index in [0.29, 0.717) is 16.7 Å². The zero-order valence-electron chi connectivity index (χ0n) is 21.9. The summed E-state index contributed by atoms with van der Waals surface area (Å²) in [6.45, 7) is 0. The van der Waals surface area contributed by atoms with E-state index < -0.39 is 58.0 Å². The molecule has 0 saturated heterocycles. The van der Waals surface area contributed by atoms with Crippen molar-refractivity contribution in [3.05, 3.63) is 75.8 Å². The van der Waals surface area contributed by atoms with E-state index in [1.54, 1.807) is 38.5 Å². The number of aryl methyl sites for hydroxylation is 1. The number of benzene rings is 1. The second kappa shape index (κ2) is 9.68. The van der Waals surface area contributed by atoms with Crippen LogP contribution in [0.4, 0.5) is 0 Å². The van der Waals surface area contributed by atoms with E-state index >= 15 is 0 Å². The lowest BCUT2D eigenvalue weighted by Gasteiger charge is -2.50. The molecule has 0 aliphatic heterocycles. The summed E-state index contributed by atoms with van der Waals surface area (Å²) >= 11 is 0. The van der Waals surface area contributed by atoms with E-state index in [1.165, 1.54) is 17.2 Å². The van der Waals surface area contributed by atoms with Crippen molar-refractivity contribution in [2.24, 2.45) is 17.6 Å². The third-order valence-corrected chi connectivity index (χ3v) is 8.31. The van der Waals surface area contributed by atoms with E-state index in [2.05, 4.69) is 4.98 Å². The molecule has 40 heavy (non-hydrogen) atoms. The number of hydrogen-bond acceptors (Lipinski definition) is 10. The first-order valence-corrected chi connectivity index (χ1v) is 12.8. The summed E-state index contributed by atoms with van der Waals surface area (Å²) in [4.78, 5) is 57.3.